The Balaban J connectivity index is 1.64. The van der Waals surface area contributed by atoms with Gasteiger partial charge in [-0.25, -0.2) is 4.79 Å². The first-order valence-corrected chi connectivity index (χ1v) is 8.68. The summed E-state index contributed by atoms with van der Waals surface area (Å²) < 4.78 is -0.582. The van der Waals surface area contributed by atoms with Gasteiger partial charge in [0.15, 0.2) is 0 Å². The number of aromatic nitrogens is 1. The number of aliphatic hydroxyl groups is 1. The van der Waals surface area contributed by atoms with Gasteiger partial charge in [0.05, 0.1) is 11.3 Å². The molecule has 2 aromatic rings. The molecule has 4 atom stereocenters. The molecule has 126 valence electrons. The molecular formula is C17H18N2O4S. The summed E-state index contributed by atoms with van der Waals surface area (Å²) in [5.74, 6) is -1.91. The minimum atomic E-state index is -0.998. The molecule has 4 rings (SSSR count). The van der Waals surface area contributed by atoms with E-state index in [4.69, 9.17) is 0 Å². The van der Waals surface area contributed by atoms with Crippen molar-refractivity contribution in [3.8, 4) is 0 Å². The molecule has 2 fully saturated rings. The predicted molar refractivity (Wildman–Crippen MR) is 90.5 cm³/mol. The van der Waals surface area contributed by atoms with E-state index in [1.807, 2.05) is 44.2 Å². The molecule has 2 aliphatic heterocycles. The van der Waals surface area contributed by atoms with Crippen LogP contribution in [0.2, 0.25) is 0 Å². The lowest BCUT2D eigenvalue weighted by Gasteiger charge is -2.45. The highest BCUT2D eigenvalue weighted by atomic mass is 32.2. The Morgan fingerprint density at radius 3 is 2.75 bits per heavy atom. The number of thioether (sulfide) groups is 1. The molecular weight excluding hydrogens is 328 g/mol. The molecule has 0 saturated carbocycles. The summed E-state index contributed by atoms with van der Waals surface area (Å²) in [6, 6.07) is 8.65. The summed E-state index contributed by atoms with van der Waals surface area (Å²) in [5, 5.41) is 20.8. The number of hydrogen-bond acceptors (Lipinski definition) is 4. The molecule has 3 heterocycles. The molecule has 0 aliphatic carbocycles. The van der Waals surface area contributed by atoms with Crippen LogP contribution in [0.1, 0.15) is 25.6 Å². The number of aliphatic carboxylic acids is 1. The maximum atomic E-state index is 12.6. The van der Waals surface area contributed by atoms with Crippen LogP contribution in [-0.2, 0) is 9.59 Å². The van der Waals surface area contributed by atoms with Gasteiger partial charge in [-0.1, -0.05) is 18.2 Å². The average molecular weight is 346 g/mol. The first-order chi connectivity index (χ1) is 11.3. The number of para-hydroxylation sites is 1. The van der Waals surface area contributed by atoms with Gasteiger partial charge in [0.2, 0.25) is 5.91 Å². The van der Waals surface area contributed by atoms with Gasteiger partial charge < -0.3 is 20.1 Å². The fourth-order valence-corrected chi connectivity index (χ4v) is 5.50. The molecule has 3 N–H and O–H groups in total. The third kappa shape index (κ3) is 2.01. The zero-order chi connectivity index (χ0) is 17.2. The number of H-pyrrole nitrogens is 1. The molecule has 2 saturated heterocycles. The van der Waals surface area contributed by atoms with Crippen molar-refractivity contribution in [3.63, 3.8) is 0 Å². The highest BCUT2D eigenvalue weighted by Crippen LogP contribution is 2.55. The molecule has 0 radical (unpaired) electrons. The van der Waals surface area contributed by atoms with Gasteiger partial charge in [-0.3, -0.25) is 4.79 Å². The summed E-state index contributed by atoms with van der Waals surface area (Å²) >= 11 is 1.45. The molecule has 0 spiro atoms. The summed E-state index contributed by atoms with van der Waals surface area (Å²) in [7, 11) is 0. The summed E-state index contributed by atoms with van der Waals surface area (Å²) in [5.41, 5.74) is 1.49. The van der Waals surface area contributed by atoms with Crippen LogP contribution in [0.5, 0.6) is 0 Å². The fraction of sp³-hybridized carbons (Fsp3) is 0.412. The predicted octanol–water partition coefficient (Wildman–Crippen LogP) is 1.96. The van der Waals surface area contributed by atoms with Crippen LogP contribution in [0.25, 0.3) is 10.9 Å². The van der Waals surface area contributed by atoms with Crippen molar-refractivity contribution in [1.29, 1.82) is 0 Å². The minimum Gasteiger partial charge on any atom is -0.480 e. The molecule has 6 nitrogen and oxygen atoms in total. The molecule has 7 heteroatoms. The van der Waals surface area contributed by atoms with Gasteiger partial charge in [-0.05, 0) is 31.4 Å². The molecule has 1 unspecified atom stereocenters. The minimum absolute atomic E-state index is 0.295. The summed E-state index contributed by atoms with van der Waals surface area (Å²) in [4.78, 5) is 28.7. The number of hydrogen-bond donors (Lipinski definition) is 3. The molecule has 2 aliphatic rings. The van der Waals surface area contributed by atoms with Crippen LogP contribution in [0.3, 0.4) is 0 Å². The molecule has 1 aromatic heterocycles. The van der Waals surface area contributed by atoms with Gasteiger partial charge in [-0.15, -0.1) is 11.8 Å². The van der Waals surface area contributed by atoms with Gasteiger partial charge in [-0.2, -0.15) is 0 Å². The number of carboxylic acid groups (broad SMARTS) is 1. The van der Waals surface area contributed by atoms with E-state index in [-0.39, 0.29) is 11.3 Å². The maximum absolute atomic E-state index is 12.6. The number of aromatic amines is 1. The van der Waals surface area contributed by atoms with Crippen LogP contribution in [0, 0.1) is 5.92 Å². The van der Waals surface area contributed by atoms with Gasteiger partial charge >= 0.3 is 5.97 Å². The van der Waals surface area contributed by atoms with Crippen LogP contribution < -0.4 is 0 Å². The lowest BCUT2D eigenvalue weighted by atomic mass is 9.86. The second-order valence-electron chi connectivity index (χ2n) is 6.88. The standard InChI is InChI=1S/C17H18N2O4S/c1-17(2)13(16(22)23)19-14(21)11(15(19)24-17)12(20)10-7-8-5-3-4-6-9(8)18-10/h3-7,11-13,15,18,20H,1-2H3,(H,22,23)/t11-,12?,13-,15+/m0/s1. The Morgan fingerprint density at radius 1 is 1.38 bits per heavy atom. The topological polar surface area (TPSA) is 93.6 Å². The largest absolute Gasteiger partial charge is 0.480 e. The van der Waals surface area contributed by atoms with E-state index in [9.17, 15) is 19.8 Å². The van der Waals surface area contributed by atoms with Gasteiger partial charge in [0, 0.05) is 16.0 Å². The molecule has 1 amide bonds. The number of nitrogens with zero attached hydrogens (tertiary/aromatic N) is 1. The van der Waals surface area contributed by atoms with Crippen molar-refractivity contribution in [1.82, 2.24) is 9.88 Å². The van der Waals surface area contributed by atoms with Gasteiger partial charge in [0.1, 0.15) is 12.1 Å². The Bertz CT molecular complexity index is 813. The van der Waals surface area contributed by atoms with Gasteiger partial charge in [0.25, 0.3) is 0 Å². The van der Waals surface area contributed by atoms with E-state index >= 15 is 0 Å². The molecule has 0 bridgehead atoms. The second-order valence-corrected chi connectivity index (χ2v) is 8.65. The first-order valence-electron chi connectivity index (χ1n) is 7.80. The average Bonchev–Trinajstić information content (AvgIpc) is 3.04. The van der Waals surface area contributed by atoms with Crippen molar-refractivity contribution in [3.05, 3.63) is 36.0 Å². The van der Waals surface area contributed by atoms with Crippen molar-refractivity contribution in [2.24, 2.45) is 5.92 Å². The third-order valence-electron chi connectivity index (χ3n) is 4.93. The van der Waals surface area contributed by atoms with E-state index in [1.165, 1.54) is 16.7 Å². The normalized spacial score (nSPS) is 29.4. The van der Waals surface area contributed by atoms with Crippen molar-refractivity contribution >= 4 is 34.5 Å². The Kier molecular flexibility index (Phi) is 3.24. The number of rotatable bonds is 3. The number of nitrogens with one attached hydrogen (secondary N) is 1. The number of benzene rings is 1. The first kappa shape index (κ1) is 15.5. The lowest BCUT2D eigenvalue weighted by molar-refractivity contribution is -0.169. The number of carbonyl (C=O) groups excluding carboxylic acids is 1. The number of carbonyl (C=O) groups is 2. The van der Waals surface area contributed by atoms with Crippen LogP contribution in [-0.4, -0.2) is 48.1 Å². The second kappa shape index (κ2) is 5.00. The van der Waals surface area contributed by atoms with E-state index in [2.05, 4.69) is 4.98 Å². The highest BCUT2D eigenvalue weighted by molar-refractivity contribution is 8.01. The number of carboxylic acids is 1. The number of aliphatic hydroxyl groups excluding tert-OH is 1. The van der Waals surface area contributed by atoms with E-state index in [0.717, 1.165) is 10.9 Å². The summed E-state index contributed by atoms with van der Waals surface area (Å²) in [6.45, 7) is 3.66. The monoisotopic (exact) mass is 346 g/mol. The van der Waals surface area contributed by atoms with E-state index < -0.39 is 28.8 Å². The molecule has 24 heavy (non-hydrogen) atoms. The Labute approximate surface area is 142 Å². The summed E-state index contributed by atoms with van der Waals surface area (Å²) in [6.07, 6.45) is -0.970. The lowest BCUT2D eigenvalue weighted by Crippen LogP contribution is -2.63. The maximum Gasteiger partial charge on any atom is 0.327 e. The van der Waals surface area contributed by atoms with Crippen LogP contribution in [0.15, 0.2) is 30.3 Å². The Morgan fingerprint density at radius 2 is 2.08 bits per heavy atom. The van der Waals surface area contributed by atoms with E-state index in [0.29, 0.717) is 5.69 Å². The van der Waals surface area contributed by atoms with Crippen LogP contribution >= 0.6 is 11.8 Å². The quantitative estimate of drug-likeness (QED) is 0.739. The number of β-lactam (4-membered cyclic amide) rings is 1. The number of fused-ring (bicyclic) bond motifs is 2. The van der Waals surface area contributed by atoms with Crippen molar-refractivity contribution in [2.75, 3.05) is 0 Å². The van der Waals surface area contributed by atoms with E-state index in [1.54, 1.807) is 0 Å². The van der Waals surface area contributed by atoms with Crippen LogP contribution in [0.4, 0.5) is 0 Å². The Hall–Kier alpha value is -1.99. The zero-order valence-corrected chi connectivity index (χ0v) is 14.1. The van der Waals surface area contributed by atoms with Crippen molar-refractivity contribution < 1.29 is 19.8 Å². The highest BCUT2D eigenvalue weighted by Gasteiger charge is 2.65. The fourth-order valence-electron chi connectivity index (χ4n) is 3.78. The number of amides is 1. The third-order valence-corrected chi connectivity index (χ3v) is 6.52. The SMILES string of the molecule is CC1(C)S[C@@H]2[C@@H](C(O)c3cc4ccccc4[nH]3)C(=O)N2[C@H]1C(=O)O. The smallest absolute Gasteiger partial charge is 0.327 e. The zero-order valence-electron chi connectivity index (χ0n) is 13.3. The van der Waals surface area contributed by atoms with Crippen molar-refractivity contribution in [2.45, 2.75) is 36.1 Å². The molecule has 1 aromatic carbocycles.